The molecule has 0 bridgehead atoms. The molecule has 0 unspecified atom stereocenters. The first-order chi connectivity index (χ1) is 16.6. The number of rotatable bonds is 6. The van der Waals surface area contributed by atoms with Crippen LogP contribution in [0.3, 0.4) is 0 Å². The molecule has 1 saturated carbocycles. The van der Waals surface area contributed by atoms with E-state index in [1.807, 2.05) is 6.07 Å². The number of para-hydroxylation sites is 1. The van der Waals surface area contributed by atoms with E-state index >= 15 is 0 Å². The zero-order chi connectivity index (χ0) is 25.0. The molecule has 180 valence electrons. The van der Waals surface area contributed by atoms with E-state index in [2.05, 4.69) is 5.32 Å². The Morgan fingerprint density at radius 2 is 1.69 bits per heavy atom. The van der Waals surface area contributed by atoms with Crippen LogP contribution in [-0.4, -0.2) is 31.9 Å². The second kappa shape index (κ2) is 8.20. The Labute approximate surface area is 202 Å². The van der Waals surface area contributed by atoms with Crippen molar-refractivity contribution in [1.82, 2.24) is 5.32 Å². The van der Waals surface area contributed by atoms with Gasteiger partial charge in [0.1, 0.15) is 5.82 Å². The average Bonchev–Trinajstić information content (AvgIpc) is 3.54. The van der Waals surface area contributed by atoms with Crippen LogP contribution in [0.5, 0.6) is 0 Å². The quantitative estimate of drug-likeness (QED) is 0.533. The lowest BCUT2D eigenvalue weighted by molar-refractivity contribution is 0.0696. The monoisotopic (exact) mass is 494 g/mol. The second-order valence-electron chi connectivity index (χ2n) is 9.07. The van der Waals surface area contributed by atoms with Gasteiger partial charge in [0.05, 0.1) is 27.8 Å². The number of nitrogens with one attached hydrogen (secondary N) is 1. The summed E-state index contributed by atoms with van der Waals surface area (Å²) in [6.07, 6.45) is 1.65. The Balaban J connectivity index is 1.49. The first-order valence-electron chi connectivity index (χ1n) is 11.2. The van der Waals surface area contributed by atoms with Crippen LogP contribution in [0.4, 0.5) is 10.1 Å². The molecule has 3 aromatic rings. The molecule has 1 aliphatic carbocycles. The number of carboxylic acids is 1. The molecule has 5 rings (SSSR count). The van der Waals surface area contributed by atoms with Gasteiger partial charge in [-0.2, -0.15) is 0 Å². The first-order valence-corrected chi connectivity index (χ1v) is 12.6. The smallest absolute Gasteiger partial charge is 0.335 e. The van der Waals surface area contributed by atoms with Gasteiger partial charge in [-0.25, -0.2) is 17.6 Å². The van der Waals surface area contributed by atoms with E-state index < -0.39 is 33.8 Å². The summed E-state index contributed by atoms with van der Waals surface area (Å²) >= 11 is 0. The van der Waals surface area contributed by atoms with Crippen molar-refractivity contribution in [2.24, 2.45) is 0 Å². The van der Waals surface area contributed by atoms with Crippen molar-refractivity contribution in [2.75, 3.05) is 10.8 Å². The summed E-state index contributed by atoms with van der Waals surface area (Å²) in [5.41, 5.74) is 1.98. The van der Waals surface area contributed by atoms with Gasteiger partial charge in [0.15, 0.2) is 0 Å². The molecule has 1 amide bonds. The predicted molar refractivity (Wildman–Crippen MR) is 128 cm³/mol. The number of benzene rings is 3. The summed E-state index contributed by atoms with van der Waals surface area (Å²) in [5, 5.41) is 12.0. The first kappa shape index (κ1) is 23.0. The lowest BCUT2D eigenvalue weighted by Crippen LogP contribution is -2.34. The Bertz CT molecular complexity index is 1430. The molecule has 0 saturated heterocycles. The van der Waals surface area contributed by atoms with Crippen LogP contribution in [0, 0.1) is 5.82 Å². The molecule has 3 aromatic carbocycles. The third-order valence-electron chi connectivity index (χ3n) is 6.81. The summed E-state index contributed by atoms with van der Waals surface area (Å²) in [5.74, 6) is -2.01. The van der Waals surface area contributed by atoms with Crippen molar-refractivity contribution in [1.29, 1.82) is 0 Å². The molecular weight excluding hydrogens is 471 g/mol. The molecule has 1 fully saturated rings. The number of amides is 1. The van der Waals surface area contributed by atoms with Crippen LogP contribution in [0.25, 0.3) is 0 Å². The SMILES string of the molecule is C[C@H](NC(=O)c1cccc2c1N(S(=O)(=O)c1ccc(F)cc1)CC21CC1)c1ccc(C(=O)O)cc1. The second-order valence-corrected chi connectivity index (χ2v) is 10.9. The van der Waals surface area contributed by atoms with Crippen LogP contribution in [0.1, 0.15) is 57.7 Å². The van der Waals surface area contributed by atoms with Gasteiger partial charge < -0.3 is 10.4 Å². The van der Waals surface area contributed by atoms with Crippen LogP contribution in [-0.2, 0) is 15.4 Å². The minimum atomic E-state index is -4.02. The number of fused-ring (bicyclic) bond motifs is 2. The van der Waals surface area contributed by atoms with E-state index in [0.717, 1.165) is 30.5 Å². The van der Waals surface area contributed by atoms with Crippen molar-refractivity contribution in [2.45, 2.75) is 36.1 Å². The Morgan fingerprint density at radius 1 is 1.03 bits per heavy atom. The standard InChI is InChI=1S/C26H23FN2O5S/c1-16(17-5-7-18(8-6-17)25(31)32)28-24(30)21-3-2-4-22-23(21)29(15-26(22)13-14-26)35(33,34)20-11-9-19(27)10-12-20/h2-12,16H,13-15H2,1H3,(H,28,30)(H,31,32)/t16-/m0/s1. The number of hydrogen-bond acceptors (Lipinski definition) is 4. The molecule has 2 aliphatic rings. The molecule has 9 heteroatoms. The minimum absolute atomic E-state index is 0.0374. The Hall–Kier alpha value is -3.72. The van der Waals surface area contributed by atoms with Crippen molar-refractivity contribution >= 4 is 27.6 Å². The highest BCUT2D eigenvalue weighted by molar-refractivity contribution is 7.92. The predicted octanol–water partition coefficient (Wildman–Crippen LogP) is 4.26. The van der Waals surface area contributed by atoms with Crippen LogP contribution >= 0.6 is 0 Å². The molecule has 1 aliphatic heterocycles. The van der Waals surface area contributed by atoms with Crippen molar-refractivity contribution in [3.8, 4) is 0 Å². The number of nitrogens with zero attached hydrogens (tertiary/aromatic N) is 1. The van der Waals surface area contributed by atoms with Crippen LogP contribution in [0.2, 0.25) is 0 Å². The fraction of sp³-hybridized carbons (Fsp3) is 0.231. The van der Waals surface area contributed by atoms with E-state index in [-0.39, 0.29) is 28.0 Å². The summed E-state index contributed by atoms with van der Waals surface area (Å²) in [4.78, 5) is 24.4. The fourth-order valence-corrected chi connectivity index (χ4v) is 6.24. The molecule has 2 N–H and O–H groups in total. The van der Waals surface area contributed by atoms with Crippen molar-refractivity contribution in [3.05, 3.63) is 94.8 Å². The summed E-state index contributed by atoms with van der Waals surface area (Å²) in [6, 6.07) is 15.6. The van der Waals surface area contributed by atoms with Gasteiger partial charge in [0.25, 0.3) is 15.9 Å². The highest BCUT2D eigenvalue weighted by atomic mass is 32.2. The normalized spacial score (nSPS) is 16.6. The molecule has 1 spiro atoms. The van der Waals surface area contributed by atoms with E-state index in [1.54, 1.807) is 31.2 Å². The number of hydrogen-bond donors (Lipinski definition) is 2. The van der Waals surface area contributed by atoms with E-state index in [0.29, 0.717) is 11.3 Å². The maximum Gasteiger partial charge on any atom is 0.335 e. The third kappa shape index (κ3) is 3.95. The summed E-state index contributed by atoms with van der Waals surface area (Å²) in [6.45, 7) is 2.00. The number of halogens is 1. The number of carbonyl (C=O) groups excluding carboxylic acids is 1. The molecule has 1 heterocycles. The van der Waals surface area contributed by atoms with Gasteiger partial charge in [-0.3, -0.25) is 9.10 Å². The zero-order valence-corrected chi connectivity index (χ0v) is 19.7. The summed E-state index contributed by atoms with van der Waals surface area (Å²) < 4.78 is 41.8. The lowest BCUT2D eigenvalue weighted by Gasteiger charge is -2.23. The topological polar surface area (TPSA) is 104 Å². The largest absolute Gasteiger partial charge is 0.478 e. The van der Waals surface area contributed by atoms with E-state index in [9.17, 15) is 22.4 Å². The van der Waals surface area contributed by atoms with Crippen LogP contribution < -0.4 is 9.62 Å². The van der Waals surface area contributed by atoms with Crippen LogP contribution in [0.15, 0.2) is 71.6 Å². The lowest BCUT2D eigenvalue weighted by atomic mass is 9.96. The van der Waals surface area contributed by atoms with Crippen molar-refractivity contribution < 1.29 is 27.5 Å². The number of aromatic carboxylic acids is 1. The highest BCUT2D eigenvalue weighted by Crippen LogP contribution is 2.58. The molecule has 0 radical (unpaired) electrons. The number of anilines is 1. The van der Waals surface area contributed by atoms with Gasteiger partial charge in [-0.15, -0.1) is 0 Å². The average molecular weight is 495 g/mol. The molecule has 1 atom stereocenters. The molecular formula is C26H23FN2O5S. The maximum absolute atomic E-state index is 13.6. The number of carboxylic acid groups (broad SMARTS) is 1. The molecule has 7 nitrogen and oxygen atoms in total. The van der Waals surface area contributed by atoms with Crippen molar-refractivity contribution in [3.63, 3.8) is 0 Å². The molecule has 0 aromatic heterocycles. The molecule has 35 heavy (non-hydrogen) atoms. The fourth-order valence-electron chi connectivity index (χ4n) is 4.65. The zero-order valence-electron chi connectivity index (χ0n) is 18.9. The Morgan fingerprint density at radius 3 is 2.29 bits per heavy atom. The third-order valence-corrected chi connectivity index (χ3v) is 8.57. The number of sulfonamides is 1. The van der Waals surface area contributed by atoms with Gasteiger partial charge >= 0.3 is 5.97 Å². The number of carbonyl (C=O) groups is 2. The summed E-state index contributed by atoms with van der Waals surface area (Å²) in [7, 11) is -4.02. The van der Waals surface area contributed by atoms with Gasteiger partial charge in [-0.1, -0.05) is 24.3 Å². The van der Waals surface area contributed by atoms with Gasteiger partial charge in [0.2, 0.25) is 0 Å². The van der Waals surface area contributed by atoms with Gasteiger partial charge in [-0.05, 0) is 73.4 Å². The minimum Gasteiger partial charge on any atom is -0.478 e. The highest BCUT2D eigenvalue weighted by Gasteiger charge is 2.55. The van der Waals surface area contributed by atoms with E-state index in [4.69, 9.17) is 5.11 Å². The van der Waals surface area contributed by atoms with Gasteiger partial charge in [0, 0.05) is 12.0 Å². The Kier molecular flexibility index (Phi) is 5.40. The maximum atomic E-state index is 13.6. The van der Waals surface area contributed by atoms with E-state index in [1.165, 1.54) is 28.6 Å².